The molecule has 114 valence electrons. The molecule has 0 N–H and O–H groups in total. The average molecular weight is 296 g/mol. The van der Waals surface area contributed by atoms with E-state index in [0.29, 0.717) is 11.6 Å². The van der Waals surface area contributed by atoms with Crippen molar-refractivity contribution in [3.63, 3.8) is 0 Å². The predicted molar refractivity (Wildman–Crippen MR) is 86.4 cm³/mol. The molecule has 0 unspecified atom stereocenters. The summed E-state index contributed by atoms with van der Waals surface area (Å²) in [4.78, 5) is 25.2. The van der Waals surface area contributed by atoms with Crippen LogP contribution < -0.4 is 4.90 Å². The van der Waals surface area contributed by atoms with Crippen molar-refractivity contribution in [2.45, 2.75) is 19.8 Å². The van der Waals surface area contributed by atoms with Crippen LogP contribution in [0.1, 0.15) is 29.0 Å². The van der Waals surface area contributed by atoms with Gasteiger partial charge in [-0.25, -0.2) is 9.97 Å². The van der Waals surface area contributed by atoms with Crippen molar-refractivity contribution in [1.29, 1.82) is 0 Å². The molecule has 1 aliphatic rings. The van der Waals surface area contributed by atoms with E-state index in [1.807, 2.05) is 54.1 Å². The van der Waals surface area contributed by atoms with Gasteiger partial charge in [0.05, 0.1) is 0 Å². The Morgan fingerprint density at radius 3 is 2.50 bits per heavy atom. The topological polar surface area (TPSA) is 49.3 Å². The lowest BCUT2D eigenvalue weighted by Crippen LogP contribution is -2.29. The van der Waals surface area contributed by atoms with Gasteiger partial charge in [0.15, 0.2) is 0 Å². The van der Waals surface area contributed by atoms with Crippen molar-refractivity contribution in [1.82, 2.24) is 14.9 Å². The molecule has 22 heavy (non-hydrogen) atoms. The highest BCUT2D eigenvalue weighted by atomic mass is 16.2. The van der Waals surface area contributed by atoms with Crippen LogP contribution in [0.2, 0.25) is 0 Å². The molecule has 5 nitrogen and oxygen atoms in total. The van der Waals surface area contributed by atoms with Gasteiger partial charge in [0.25, 0.3) is 5.91 Å². The second kappa shape index (κ2) is 6.13. The van der Waals surface area contributed by atoms with Gasteiger partial charge >= 0.3 is 0 Å². The fraction of sp³-hybridized carbons (Fsp3) is 0.353. The fourth-order valence-electron chi connectivity index (χ4n) is 2.66. The van der Waals surface area contributed by atoms with Gasteiger partial charge in [-0.2, -0.15) is 0 Å². The highest BCUT2D eigenvalue weighted by molar-refractivity contribution is 5.93. The molecule has 0 atom stereocenters. The van der Waals surface area contributed by atoms with E-state index < -0.39 is 0 Å². The maximum absolute atomic E-state index is 12.5. The summed E-state index contributed by atoms with van der Waals surface area (Å²) < 4.78 is 0. The zero-order chi connectivity index (χ0) is 15.5. The first kappa shape index (κ1) is 14.5. The summed E-state index contributed by atoms with van der Waals surface area (Å²) in [5.41, 5.74) is 2.27. The van der Waals surface area contributed by atoms with Crippen LogP contribution in [-0.2, 0) is 0 Å². The highest BCUT2D eigenvalue weighted by Gasteiger charge is 2.22. The van der Waals surface area contributed by atoms with E-state index in [2.05, 4.69) is 9.97 Å². The zero-order valence-corrected chi connectivity index (χ0v) is 13.0. The number of amides is 1. The maximum atomic E-state index is 12.5. The Morgan fingerprint density at radius 2 is 1.82 bits per heavy atom. The number of carbonyl (C=O) groups excluding carboxylic acids is 1. The predicted octanol–water partition coefficient (Wildman–Crippen LogP) is 2.79. The monoisotopic (exact) mass is 296 g/mol. The number of rotatable bonds is 3. The molecule has 0 spiro atoms. The van der Waals surface area contributed by atoms with Gasteiger partial charge in [0, 0.05) is 31.5 Å². The Balaban J connectivity index is 1.91. The van der Waals surface area contributed by atoms with Gasteiger partial charge in [0.1, 0.15) is 5.69 Å². The van der Waals surface area contributed by atoms with Crippen molar-refractivity contribution in [3.8, 4) is 0 Å². The Labute approximate surface area is 130 Å². The minimum absolute atomic E-state index is 0.00529. The van der Waals surface area contributed by atoms with Crippen molar-refractivity contribution in [2.24, 2.45) is 0 Å². The van der Waals surface area contributed by atoms with Gasteiger partial charge in [-0.15, -0.1) is 0 Å². The third-order valence-electron chi connectivity index (χ3n) is 3.90. The number of hydrogen-bond acceptors (Lipinski definition) is 4. The standard InChI is InChI=1S/C17H20N4O/c1-13-12-15(16(22)21-10-6-7-11-21)19-17(18-13)20(2)14-8-4-3-5-9-14/h3-5,8-9,12H,6-7,10-11H2,1-2H3. The lowest BCUT2D eigenvalue weighted by atomic mass is 10.3. The maximum Gasteiger partial charge on any atom is 0.272 e. The van der Waals surface area contributed by atoms with Crippen molar-refractivity contribution in [3.05, 3.63) is 47.8 Å². The number of nitrogens with zero attached hydrogens (tertiary/aromatic N) is 4. The summed E-state index contributed by atoms with van der Waals surface area (Å²) >= 11 is 0. The van der Waals surface area contributed by atoms with Gasteiger partial charge in [0.2, 0.25) is 5.95 Å². The third-order valence-corrected chi connectivity index (χ3v) is 3.90. The van der Waals surface area contributed by atoms with E-state index in [1.54, 1.807) is 6.07 Å². The third kappa shape index (κ3) is 2.93. The Morgan fingerprint density at radius 1 is 1.14 bits per heavy atom. The lowest BCUT2D eigenvalue weighted by Gasteiger charge is -2.19. The molecule has 1 aromatic carbocycles. The second-order valence-corrected chi connectivity index (χ2v) is 5.59. The Bertz CT molecular complexity index is 666. The first-order valence-corrected chi connectivity index (χ1v) is 7.59. The molecule has 1 fully saturated rings. The van der Waals surface area contributed by atoms with Crippen molar-refractivity contribution in [2.75, 3.05) is 25.0 Å². The van der Waals surface area contributed by atoms with Gasteiger partial charge in [-0.1, -0.05) is 18.2 Å². The van der Waals surface area contributed by atoms with Crippen LogP contribution in [0.5, 0.6) is 0 Å². The van der Waals surface area contributed by atoms with Crippen LogP contribution in [0.25, 0.3) is 0 Å². The van der Waals surface area contributed by atoms with E-state index in [0.717, 1.165) is 37.3 Å². The number of aromatic nitrogens is 2. The quantitative estimate of drug-likeness (QED) is 0.874. The summed E-state index contributed by atoms with van der Waals surface area (Å²) in [6, 6.07) is 11.7. The van der Waals surface area contributed by atoms with Crippen LogP contribution in [0.4, 0.5) is 11.6 Å². The molecule has 1 aromatic heterocycles. The molecule has 2 heterocycles. The molecule has 1 saturated heterocycles. The molecule has 2 aromatic rings. The first-order valence-electron chi connectivity index (χ1n) is 7.59. The molecule has 0 saturated carbocycles. The Hall–Kier alpha value is -2.43. The van der Waals surface area contributed by atoms with Crippen molar-refractivity contribution >= 4 is 17.5 Å². The number of aryl methyl sites for hydroxylation is 1. The SMILES string of the molecule is Cc1cc(C(=O)N2CCCC2)nc(N(C)c2ccccc2)n1. The number of para-hydroxylation sites is 1. The Kier molecular flexibility index (Phi) is 4.04. The van der Waals surface area contributed by atoms with E-state index in [-0.39, 0.29) is 5.91 Å². The van der Waals surface area contributed by atoms with Gasteiger partial charge in [-0.05, 0) is 38.0 Å². The zero-order valence-electron chi connectivity index (χ0n) is 13.0. The average Bonchev–Trinajstić information content (AvgIpc) is 3.08. The molecule has 0 radical (unpaired) electrons. The van der Waals surface area contributed by atoms with Crippen molar-refractivity contribution < 1.29 is 4.79 Å². The van der Waals surface area contributed by atoms with Crippen LogP contribution >= 0.6 is 0 Å². The van der Waals surface area contributed by atoms with E-state index in [9.17, 15) is 4.79 Å². The second-order valence-electron chi connectivity index (χ2n) is 5.59. The van der Waals surface area contributed by atoms with Crippen LogP contribution in [0, 0.1) is 6.92 Å². The highest BCUT2D eigenvalue weighted by Crippen LogP contribution is 2.21. The normalized spacial score (nSPS) is 14.2. The molecule has 5 heteroatoms. The van der Waals surface area contributed by atoms with Crippen LogP contribution in [0.15, 0.2) is 36.4 Å². The fourth-order valence-corrected chi connectivity index (χ4v) is 2.66. The molecule has 0 aliphatic carbocycles. The smallest absolute Gasteiger partial charge is 0.272 e. The number of anilines is 2. The number of carbonyl (C=O) groups is 1. The van der Waals surface area contributed by atoms with E-state index in [4.69, 9.17) is 0 Å². The molecular weight excluding hydrogens is 276 g/mol. The van der Waals surface area contributed by atoms with E-state index in [1.165, 1.54) is 0 Å². The molecule has 3 rings (SSSR count). The first-order chi connectivity index (χ1) is 10.6. The molecule has 1 amide bonds. The van der Waals surface area contributed by atoms with Crippen LogP contribution in [-0.4, -0.2) is 40.9 Å². The molecule has 0 bridgehead atoms. The summed E-state index contributed by atoms with van der Waals surface area (Å²) in [6.45, 7) is 3.54. The largest absolute Gasteiger partial charge is 0.337 e. The number of likely N-dealkylation sites (tertiary alicyclic amines) is 1. The molecule has 1 aliphatic heterocycles. The number of hydrogen-bond donors (Lipinski definition) is 0. The summed E-state index contributed by atoms with van der Waals surface area (Å²) in [5, 5.41) is 0. The summed E-state index contributed by atoms with van der Waals surface area (Å²) in [6.07, 6.45) is 2.15. The van der Waals surface area contributed by atoms with E-state index >= 15 is 0 Å². The minimum Gasteiger partial charge on any atom is -0.337 e. The van der Waals surface area contributed by atoms with Gasteiger partial charge < -0.3 is 9.80 Å². The lowest BCUT2D eigenvalue weighted by molar-refractivity contribution is 0.0787. The summed E-state index contributed by atoms with van der Waals surface area (Å²) in [7, 11) is 1.91. The van der Waals surface area contributed by atoms with Gasteiger partial charge in [-0.3, -0.25) is 4.79 Å². The minimum atomic E-state index is 0.00529. The summed E-state index contributed by atoms with van der Waals surface area (Å²) in [5.74, 6) is 0.555. The molecular formula is C17H20N4O. The van der Waals surface area contributed by atoms with Crippen LogP contribution in [0.3, 0.4) is 0 Å². The number of benzene rings is 1.